The Morgan fingerprint density at radius 2 is 1.05 bits per heavy atom. The minimum absolute atomic E-state index is 0.217. The van der Waals surface area contributed by atoms with Gasteiger partial charge in [-0.2, -0.15) is 9.36 Å². The van der Waals surface area contributed by atoms with E-state index in [4.69, 9.17) is 20.9 Å². The Hall–Kier alpha value is -6.13. The molecular formula is C25H22N8O9. The molecule has 2 heterocycles. The number of nitro groups is 2. The zero-order chi connectivity index (χ0) is 30.4. The maximum Gasteiger partial charge on any atom is 0.519 e. The Morgan fingerprint density at radius 3 is 1.33 bits per heavy atom. The summed E-state index contributed by atoms with van der Waals surface area (Å²) in [6.07, 6.45) is 2.29. The third kappa shape index (κ3) is 7.08. The summed E-state index contributed by atoms with van der Waals surface area (Å²) in [7, 11) is 0. The van der Waals surface area contributed by atoms with Crippen molar-refractivity contribution in [2.75, 3.05) is 0 Å². The van der Waals surface area contributed by atoms with Crippen molar-refractivity contribution in [1.29, 1.82) is 0 Å². The summed E-state index contributed by atoms with van der Waals surface area (Å²) < 4.78 is 12.9. The fraction of sp³-hybridized carbons (Fsp3) is 0.160. The number of hydrogen-bond donors (Lipinski definition) is 2. The number of ether oxygens (including phenoxy) is 2. The van der Waals surface area contributed by atoms with Gasteiger partial charge in [-0.3, -0.25) is 9.59 Å². The van der Waals surface area contributed by atoms with Crippen LogP contribution in [0.2, 0.25) is 0 Å². The summed E-state index contributed by atoms with van der Waals surface area (Å²) >= 11 is 0. The van der Waals surface area contributed by atoms with Gasteiger partial charge in [0.1, 0.15) is 11.5 Å². The van der Waals surface area contributed by atoms with Crippen molar-refractivity contribution in [2.24, 2.45) is 11.5 Å². The lowest BCUT2D eigenvalue weighted by Crippen LogP contribution is -2.13. The number of amides is 2. The first kappa shape index (κ1) is 28.9. The second kappa shape index (κ2) is 12.4. The van der Waals surface area contributed by atoms with Crippen molar-refractivity contribution < 1.29 is 33.7 Å². The molecule has 17 nitrogen and oxygen atoms in total. The van der Waals surface area contributed by atoms with Crippen LogP contribution in [0.1, 0.15) is 31.8 Å². The zero-order valence-corrected chi connectivity index (χ0v) is 21.6. The first-order valence-corrected chi connectivity index (χ1v) is 12.1. The monoisotopic (exact) mass is 578 g/mol. The van der Waals surface area contributed by atoms with Gasteiger partial charge in [-0.05, 0) is 58.1 Å². The Bertz CT molecular complexity index is 1480. The number of nitrogens with zero attached hydrogens (tertiary/aromatic N) is 6. The number of carbonyl (C=O) groups excluding carboxylic acids is 3. The molecule has 0 fully saturated rings. The van der Waals surface area contributed by atoms with Crippen LogP contribution < -0.4 is 20.9 Å². The number of carbonyl (C=O) groups is 3. The van der Waals surface area contributed by atoms with Crippen LogP contribution in [-0.2, 0) is 25.9 Å². The van der Waals surface area contributed by atoms with Crippen molar-refractivity contribution in [1.82, 2.24) is 19.6 Å². The van der Waals surface area contributed by atoms with E-state index in [0.29, 0.717) is 12.8 Å². The van der Waals surface area contributed by atoms with Crippen LogP contribution in [0.15, 0.2) is 60.9 Å². The standard InChI is InChI=1S/C25H22N8O9/c26-21(34)19-13-30(28-23(19)32(37)38)11-9-15-1-5-17(6-2-15)41-25(36)42-18-7-3-16(4-8-18)10-12-31-14-20(22(27)35)24(29-31)33(39)40/h1-8,13-14H,9-12H2,(H2,26,34)(H2,27,35). The molecule has 0 radical (unpaired) electrons. The number of nitrogens with two attached hydrogens (primary N) is 2. The molecule has 4 rings (SSSR count). The second-order valence-electron chi connectivity index (χ2n) is 8.74. The van der Waals surface area contributed by atoms with Crippen LogP contribution in [0.4, 0.5) is 16.4 Å². The number of benzene rings is 2. The van der Waals surface area contributed by atoms with Gasteiger partial charge < -0.3 is 41.2 Å². The average Bonchev–Trinajstić information content (AvgIpc) is 3.58. The number of hydrogen-bond acceptors (Lipinski definition) is 11. The van der Waals surface area contributed by atoms with Gasteiger partial charge in [-0.15, -0.1) is 0 Å². The van der Waals surface area contributed by atoms with Gasteiger partial charge >= 0.3 is 17.8 Å². The number of aromatic nitrogens is 4. The third-order valence-electron chi connectivity index (χ3n) is 5.87. The van der Waals surface area contributed by atoms with Crippen LogP contribution in [0.25, 0.3) is 0 Å². The van der Waals surface area contributed by atoms with Gasteiger partial charge in [0.2, 0.25) is 0 Å². The van der Waals surface area contributed by atoms with Gasteiger partial charge in [-0.1, -0.05) is 24.3 Å². The average molecular weight is 578 g/mol. The summed E-state index contributed by atoms with van der Waals surface area (Å²) in [5.41, 5.74) is 11.4. The molecule has 0 aliphatic carbocycles. The van der Waals surface area contributed by atoms with Crippen LogP contribution in [-0.4, -0.2) is 47.4 Å². The Labute approximate surface area is 235 Å². The molecule has 0 saturated carbocycles. The van der Waals surface area contributed by atoms with E-state index in [-0.39, 0.29) is 35.7 Å². The molecule has 0 atom stereocenters. The number of aryl methyl sites for hydroxylation is 4. The maximum absolute atomic E-state index is 12.2. The van der Waals surface area contributed by atoms with Crippen molar-refractivity contribution in [2.45, 2.75) is 25.9 Å². The topological polar surface area (TPSA) is 244 Å². The van der Waals surface area contributed by atoms with E-state index in [0.717, 1.165) is 11.1 Å². The molecule has 0 saturated heterocycles. The molecule has 42 heavy (non-hydrogen) atoms. The molecule has 0 spiro atoms. The summed E-state index contributed by atoms with van der Waals surface area (Å²) in [5, 5.41) is 29.6. The van der Waals surface area contributed by atoms with Crippen LogP contribution >= 0.6 is 0 Å². The summed E-state index contributed by atoms with van der Waals surface area (Å²) in [6, 6.07) is 12.9. The molecule has 17 heteroatoms. The van der Waals surface area contributed by atoms with Crippen LogP contribution in [0.5, 0.6) is 11.5 Å². The molecule has 2 amide bonds. The number of primary amides is 2. The van der Waals surface area contributed by atoms with E-state index in [1.54, 1.807) is 48.5 Å². The highest BCUT2D eigenvalue weighted by Crippen LogP contribution is 2.19. The molecule has 216 valence electrons. The van der Waals surface area contributed by atoms with Gasteiger partial charge in [-0.25, -0.2) is 4.79 Å². The first-order valence-electron chi connectivity index (χ1n) is 12.1. The molecule has 0 aliphatic rings. The first-order chi connectivity index (χ1) is 20.0. The minimum atomic E-state index is -0.971. The molecule has 2 aromatic heterocycles. The fourth-order valence-corrected chi connectivity index (χ4v) is 3.82. The predicted molar refractivity (Wildman–Crippen MR) is 142 cm³/mol. The molecular weight excluding hydrogens is 556 g/mol. The van der Waals surface area contributed by atoms with E-state index in [1.165, 1.54) is 21.8 Å². The van der Waals surface area contributed by atoms with Gasteiger partial charge in [0.25, 0.3) is 11.8 Å². The fourth-order valence-electron chi connectivity index (χ4n) is 3.82. The number of rotatable bonds is 12. The molecule has 2 aromatic carbocycles. The third-order valence-corrected chi connectivity index (χ3v) is 5.87. The smallest absolute Gasteiger partial charge is 0.395 e. The second-order valence-corrected chi connectivity index (χ2v) is 8.74. The van der Waals surface area contributed by atoms with E-state index < -0.39 is 39.5 Å². The highest BCUT2D eigenvalue weighted by Gasteiger charge is 2.25. The Balaban J connectivity index is 1.26. The molecule has 0 aliphatic heterocycles. The normalized spacial score (nSPS) is 10.7. The van der Waals surface area contributed by atoms with Crippen LogP contribution in [0.3, 0.4) is 0 Å². The lowest BCUT2D eigenvalue weighted by Gasteiger charge is -2.07. The lowest BCUT2D eigenvalue weighted by atomic mass is 10.1. The van der Waals surface area contributed by atoms with E-state index in [9.17, 15) is 34.6 Å². The molecule has 4 aromatic rings. The lowest BCUT2D eigenvalue weighted by molar-refractivity contribution is -0.390. The van der Waals surface area contributed by atoms with E-state index >= 15 is 0 Å². The highest BCUT2D eigenvalue weighted by molar-refractivity contribution is 5.96. The van der Waals surface area contributed by atoms with Crippen molar-refractivity contribution >= 4 is 29.6 Å². The summed E-state index contributed by atoms with van der Waals surface area (Å²) in [6.45, 7) is 0.477. The van der Waals surface area contributed by atoms with Crippen molar-refractivity contribution in [3.05, 3.63) is 103 Å². The highest BCUT2D eigenvalue weighted by atomic mass is 16.7. The minimum Gasteiger partial charge on any atom is -0.395 e. The summed E-state index contributed by atoms with van der Waals surface area (Å²) in [4.78, 5) is 55.4. The SMILES string of the molecule is NC(=O)c1cn(CCc2ccc(OC(=O)Oc3ccc(CCn4cc(C(N)=O)c([N+](=O)[O-])n4)cc3)cc2)nc1[N+](=O)[O-]. The Kier molecular flexibility index (Phi) is 8.50. The summed E-state index contributed by atoms with van der Waals surface area (Å²) in [5.74, 6) is -2.67. The maximum atomic E-state index is 12.2. The van der Waals surface area contributed by atoms with Crippen molar-refractivity contribution in [3.63, 3.8) is 0 Å². The van der Waals surface area contributed by atoms with Gasteiger partial charge in [0.15, 0.2) is 11.1 Å². The zero-order valence-electron chi connectivity index (χ0n) is 21.6. The van der Waals surface area contributed by atoms with E-state index in [1.807, 2.05) is 0 Å². The van der Waals surface area contributed by atoms with E-state index in [2.05, 4.69) is 10.2 Å². The largest absolute Gasteiger partial charge is 0.519 e. The molecule has 0 bridgehead atoms. The van der Waals surface area contributed by atoms with Crippen LogP contribution in [0, 0.1) is 20.2 Å². The van der Waals surface area contributed by atoms with Gasteiger partial charge in [0.05, 0.1) is 35.7 Å². The quantitative estimate of drug-likeness (QED) is 0.107. The predicted octanol–water partition coefficient (Wildman–Crippen LogP) is 2.16. The molecule has 0 unspecified atom stereocenters. The molecule has 4 N–H and O–H groups in total. The van der Waals surface area contributed by atoms with Gasteiger partial charge in [0, 0.05) is 0 Å². The Morgan fingerprint density at radius 1 is 0.690 bits per heavy atom. The van der Waals surface area contributed by atoms with Crippen molar-refractivity contribution in [3.8, 4) is 11.5 Å².